The van der Waals surface area contributed by atoms with Gasteiger partial charge >= 0.3 is 5.97 Å². The topological polar surface area (TPSA) is 176 Å². The summed E-state index contributed by atoms with van der Waals surface area (Å²) >= 11 is 0. The Bertz CT molecular complexity index is 1430. The van der Waals surface area contributed by atoms with E-state index in [1.54, 1.807) is 26.0 Å². The van der Waals surface area contributed by atoms with Gasteiger partial charge in [0.25, 0.3) is 11.5 Å². The van der Waals surface area contributed by atoms with Gasteiger partial charge in [0.15, 0.2) is 5.69 Å². The van der Waals surface area contributed by atoms with E-state index in [-0.39, 0.29) is 37.3 Å². The number of hydrogen-bond acceptors (Lipinski definition) is 8. The number of nitrogens with zero attached hydrogens (tertiary/aromatic N) is 2. The summed E-state index contributed by atoms with van der Waals surface area (Å²) in [7, 11) is 0. The second-order valence-corrected chi connectivity index (χ2v) is 8.85. The van der Waals surface area contributed by atoms with Gasteiger partial charge in [0.1, 0.15) is 17.5 Å². The van der Waals surface area contributed by atoms with Crippen LogP contribution in [0.25, 0.3) is 0 Å². The van der Waals surface area contributed by atoms with E-state index in [0.29, 0.717) is 5.76 Å². The number of nitrogens with two attached hydrogens (primary N) is 1. The van der Waals surface area contributed by atoms with Gasteiger partial charge in [0.2, 0.25) is 11.8 Å². The number of ether oxygens (including phenoxy) is 1. The number of primary amides is 1. The zero-order valence-electron chi connectivity index (χ0n) is 22.2. The van der Waals surface area contributed by atoms with E-state index in [1.807, 2.05) is 18.2 Å². The number of pyridine rings is 1. The molecule has 0 saturated carbocycles. The largest absolute Gasteiger partial charge is 0.463 e. The lowest BCUT2D eigenvalue weighted by Crippen LogP contribution is -2.43. The van der Waals surface area contributed by atoms with Crippen molar-refractivity contribution in [1.29, 1.82) is 0 Å². The molecule has 3 aromatic rings. The second-order valence-electron chi connectivity index (χ2n) is 8.85. The van der Waals surface area contributed by atoms with Crippen LogP contribution in [0.1, 0.15) is 47.6 Å². The normalized spacial score (nSPS) is 12.4. The van der Waals surface area contributed by atoms with Crippen molar-refractivity contribution >= 4 is 29.4 Å². The molecule has 0 aliphatic carbocycles. The fraction of sp³-hybridized carbons (Fsp3) is 0.286. The van der Waals surface area contributed by atoms with Crippen LogP contribution in [-0.2, 0) is 25.5 Å². The number of esters is 1. The summed E-state index contributed by atoms with van der Waals surface area (Å²) in [5.74, 6) is -1.95. The Morgan fingerprint density at radius 1 is 1.15 bits per heavy atom. The van der Waals surface area contributed by atoms with Crippen molar-refractivity contribution in [2.24, 2.45) is 5.73 Å². The van der Waals surface area contributed by atoms with E-state index in [9.17, 15) is 24.0 Å². The van der Waals surface area contributed by atoms with Crippen molar-refractivity contribution in [3.8, 4) is 0 Å². The van der Waals surface area contributed by atoms with Crippen LogP contribution in [0.15, 0.2) is 76.2 Å². The quantitative estimate of drug-likeness (QED) is 0.214. The highest BCUT2D eigenvalue weighted by molar-refractivity contribution is 6.02. The van der Waals surface area contributed by atoms with Gasteiger partial charge in [0, 0.05) is 37.2 Å². The molecule has 0 radical (unpaired) electrons. The molecule has 12 nitrogen and oxygen atoms in total. The highest BCUT2D eigenvalue weighted by atomic mass is 16.5. The van der Waals surface area contributed by atoms with E-state index in [2.05, 4.69) is 15.8 Å². The van der Waals surface area contributed by atoms with Crippen molar-refractivity contribution in [2.75, 3.05) is 11.9 Å². The molecule has 0 spiro atoms. The number of aromatic nitrogens is 2. The summed E-state index contributed by atoms with van der Waals surface area (Å²) in [5, 5.41) is 8.96. The minimum atomic E-state index is -1.05. The first-order valence-corrected chi connectivity index (χ1v) is 12.6. The third-order valence-corrected chi connectivity index (χ3v) is 5.77. The number of hydrogen-bond donors (Lipinski definition) is 3. The predicted molar refractivity (Wildman–Crippen MR) is 145 cm³/mol. The molecule has 4 N–H and O–H groups in total. The van der Waals surface area contributed by atoms with Gasteiger partial charge in [-0.05, 0) is 38.0 Å². The molecule has 0 bridgehead atoms. The maximum atomic E-state index is 13.6. The second kappa shape index (κ2) is 14.2. The minimum absolute atomic E-state index is 0.00318. The number of carbonyl (C=O) groups is 4. The molecule has 0 unspecified atom stereocenters. The number of carbonyl (C=O) groups excluding carboxylic acids is 4. The zero-order chi connectivity index (χ0) is 29.1. The Labute approximate surface area is 230 Å². The smallest absolute Gasteiger partial charge is 0.330 e. The summed E-state index contributed by atoms with van der Waals surface area (Å²) in [6.07, 6.45) is 4.23. The molecule has 2 heterocycles. The monoisotopic (exact) mass is 549 g/mol. The average Bonchev–Trinajstić information content (AvgIpc) is 3.37. The lowest BCUT2D eigenvalue weighted by Gasteiger charge is -2.23. The third-order valence-electron chi connectivity index (χ3n) is 5.77. The molecule has 2 aromatic heterocycles. The summed E-state index contributed by atoms with van der Waals surface area (Å²) in [6, 6.07) is 11.6. The highest BCUT2D eigenvalue weighted by Gasteiger charge is 2.25. The minimum Gasteiger partial charge on any atom is -0.463 e. The van der Waals surface area contributed by atoms with E-state index >= 15 is 0 Å². The molecule has 0 fully saturated rings. The standard InChI is InChI=1S/C28H31N5O7/c1-3-39-25(35)14-12-20(11-13-24(29)34)30-27(37)23(17-19-8-5-4-6-9-19)33-15-7-10-21(28(33)38)31-26(36)22-16-18(2)40-32-22/h4-10,12,14-16,20,23H,3,11,13,17H2,1-2H3,(H2,29,34)(H,30,37)(H,31,36)/b14-12+/t20-,23-/m0/s1. The van der Waals surface area contributed by atoms with Crippen molar-refractivity contribution in [3.05, 3.63) is 94.3 Å². The number of anilines is 1. The average molecular weight is 550 g/mol. The molecular weight excluding hydrogens is 518 g/mol. The van der Waals surface area contributed by atoms with Crippen molar-refractivity contribution in [2.45, 2.75) is 45.2 Å². The number of benzene rings is 1. The SMILES string of the molecule is CCOC(=O)/C=C/[C@H](CCC(N)=O)NC(=O)[C@H](Cc1ccccc1)n1cccc(NC(=O)c2cc(C)on2)c1=O. The van der Waals surface area contributed by atoms with Gasteiger partial charge in [-0.15, -0.1) is 0 Å². The lowest BCUT2D eigenvalue weighted by atomic mass is 10.0. The van der Waals surface area contributed by atoms with E-state index in [0.717, 1.165) is 11.6 Å². The summed E-state index contributed by atoms with van der Waals surface area (Å²) < 4.78 is 11.0. The van der Waals surface area contributed by atoms with Crippen LogP contribution < -0.4 is 21.9 Å². The number of aryl methyl sites for hydroxylation is 1. The molecule has 0 aliphatic heterocycles. The van der Waals surface area contributed by atoms with Crippen molar-refractivity contribution in [1.82, 2.24) is 15.0 Å². The van der Waals surface area contributed by atoms with E-state index in [4.69, 9.17) is 15.0 Å². The summed E-state index contributed by atoms with van der Waals surface area (Å²) in [4.78, 5) is 62.9. The van der Waals surface area contributed by atoms with Crippen LogP contribution in [-0.4, -0.2) is 46.1 Å². The molecule has 3 rings (SSSR count). The first kappa shape index (κ1) is 29.6. The molecule has 0 saturated heterocycles. The van der Waals surface area contributed by atoms with Gasteiger partial charge in [-0.1, -0.05) is 41.6 Å². The van der Waals surface area contributed by atoms with Crippen LogP contribution in [0.5, 0.6) is 0 Å². The first-order valence-electron chi connectivity index (χ1n) is 12.6. The molecular formula is C28H31N5O7. The van der Waals surface area contributed by atoms with E-state index < -0.39 is 41.3 Å². The molecule has 3 amide bonds. The third kappa shape index (κ3) is 8.51. The van der Waals surface area contributed by atoms with Gasteiger partial charge < -0.3 is 30.2 Å². The van der Waals surface area contributed by atoms with Crippen LogP contribution >= 0.6 is 0 Å². The van der Waals surface area contributed by atoms with Gasteiger partial charge in [0.05, 0.1) is 6.61 Å². The Morgan fingerprint density at radius 2 is 1.90 bits per heavy atom. The summed E-state index contributed by atoms with van der Waals surface area (Å²) in [6.45, 7) is 3.46. The van der Waals surface area contributed by atoms with Gasteiger partial charge in [-0.3, -0.25) is 19.2 Å². The molecule has 40 heavy (non-hydrogen) atoms. The van der Waals surface area contributed by atoms with Crippen LogP contribution in [0.3, 0.4) is 0 Å². The Hall–Kier alpha value is -5.00. The number of rotatable bonds is 13. The van der Waals surface area contributed by atoms with E-state index in [1.165, 1.54) is 35.0 Å². The predicted octanol–water partition coefficient (Wildman–Crippen LogP) is 2.05. The lowest BCUT2D eigenvalue weighted by molar-refractivity contribution is -0.137. The maximum Gasteiger partial charge on any atom is 0.330 e. The van der Waals surface area contributed by atoms with Gasteiger partial charge in [-0.2, -0.15) is 0 Å². The molecule has 0 aliphatic rings. The fourth-order valence-corrected chi connectivity index (χ4v) is 3.84. The van der Waals surface area contributed by atoms with Crippen molar-refractivity contribution in [3.63, 3.8) is 0 Å². The zero-order valence-corrected chi connectivity index (χ0v) is 22.2. The number of amides is 3. The van der Waals surface area contributed by atoms with Crippen LogP contribution in [0.4, 0.5) is 5.69 Å². The molecule has 1 aromatic carbocycles. The highest BCUT2D eigenvalue weighted by Crippen LogP contribution is 2.16. The molecule has 2 atom stereocenters. The van der Waals surface area contributed by atoms with Crippen molar-refractivity contribution < 1.29 is 28.4 Å². The molecule has 12 heteroatoms. The van der Waals surface area contributed by atoms with Crippen LogP contribution in [0.2, 0.25) is 0 Å². The fourth-order valence-electron chi connectivity index (χ4n) is 3.84. The Morgan fingerprint density at radius 3 is 2.55 bits per heavy atom. The number of nitrogens with one attached hydrogen (secondary N) is 2. The van der Waals surface area contributed by atoms with Crippen LogP contribution in [0, 0.1) is 6.92 Å². The Balaban J connectivity index is 1.92. The summed E-state index contributed by atoms with van der Waals surface area (Å²) in [5.41, 5.74) is 5.38. The first-order chi connectivity index (χ1) is 19.2. The maximum absolute atomic E-state index is 13.6. The molecule has 210 valence electrons. The Kier molecular flexibility index (Phi) is 10.5. The van der Waals surface area contributed by atoms with Gasteiger partial charge in [-0.25, -0.2) is 4.79 Å².